The Labute approximate surface area is 159 Å². The van der Waals surface area contributed by atoms with Gasteiger partial charge in [0.1, 0.15) is 5.52 Å². The molecule has 0 N–H and O–H groups in total. The summed E-state index contributed by atoms with van der Waals surface area (Å²) in [5, 5.41) is 12.7. The molecule has 132 valence electrons. The monoisotopic (exact) mass is 411 g/mol. The summed E-state index contributed by atoms with van der Waals surface area (Å²) in [5.74, 6) is 1.02. The number of fused-ring (bicyclic) bond motifs is 1. The predicted molar refractivity (Wildman–Crippen MR) is 104 cm³/mol. The van der Waals surface area contributed by atoms with Crippen LogP contribution in [-0.2, 0) is 0 Å². The zero-order valence-electron chi connectivity index (χ0n) is 14.6. The SMILES string of the molecule is CCCC(C)n1nnc2cc(-c3noc(-c4ccccc4Br)n3)ccc21. The van der Waals surface area contributed by atoms with E-state index in [-0.39, 0.29) is 0 Å². The van der Waals surface area contributed by atoms with E-state index in [1.165, 1.54) is 0 Å². The van der Waals surface area contributed by atoms with Gasteiger partial charge in [0.2, 0.25) is 5.82 Å². The number of benzene rings is 2. The van der Waals surface area contributed by atoms with Crippen LogP contribution >= 0.6 is 15.9 Å². The Morgan fingerprint density at radius 3 is 2.85 bits per heavy atom. The van der Waals surface area contributed by atoms with Gasteiger partial charge in [-0.3, -0.25) is 0 Å². The number of nitrogens with zero attached hydrogens (tertiary/aromatic N) is 5. The van der Waals surface area contributed by atoms with Crippen LogP contribution < -0.4 is 0 Å². The first-order valence-electron chi connectivity index (χ1n) is 8.61. The molecule has 2 aromatic carbocycles. The molecule has 0 bridgehead atoms. The molecule has 1 atom stereocenters. The zero-order valence-corrected chi connectivity index (χ0v) is 16.1. The summed E-state index contributed by atoms with van der Waals surface area (Å²) in [7, 11) is 0. The first kappa shape index (κ1) is 16.9. The van der Waals surface area contributed by atoms with Gasteiger partial charge in [-0.25, -0.2) is 4.68 Å². The maximum atomic E-state index is 5.44. The molecule has 0 aliphatic carbocycles. The molecule has 0 amide bonds. The Balaban J connectivity index is 1.69. The highest BCUT2D eigenvalue weighted by Gasteiger charge is 2.15. The third-order valence-electron chi connectivity index (χ3n) is 4.38. The summed E-state index contributed by atoms with van der Waals surface area (Å²) in [6.07, 6.45) is 2.18. The maximum Gasteiger partial charge on any atom is 0.259 e. The number of rotatable bonds is 5. The molecule has 0 spiro atoms. The van der Waals surface area contributed by atoms with E-state index in [0.29, 0.717) is 17.8 Å². The molecule has 0 saturated heterocycles. The van der Waals surface area contributed by atoms with Crippen molar-refractivity contribution in [3.05, 3.63) is 46.9 Å². The second kappa shape index (κ2) is 6.99. The maximum absolute atomic E-state index is 5.44. The van der Waals surface area contributed by atoms with Crippen LogP contribution in [0.2, 0.25) is 0 Å². The Morgan fingerprint density at radius 1 is 1.19 bits per heavy atom. The minimum absolute atomic E-state index is 0.322. The van der Waals surface area contributed by atoms with E-state index in [0.717, 1.165) is 39.5 Å². The molecule has 0 radical (unpaired) electrons. The lowest BCUT2D eigenvalue weighted by atomic mass is 10.1. The summed E-state index contributed by atoms with van der Waals surface area (Å²) < 4.78 is 8.33. The molecular weight excluding hydrogens is 394 g/mol. The van der Waals surface area contributed by atoms with Crippen LogP contribution in [0.1, 0.15) is 32.7 Å². The third kappa shape index (κ3) is 3.03. The quantitative estimate of drug-likeness (QED) is 0.447. The molecule has 1 unspecified atom stereocenters. The molecule has 0 fully saturated rings. The van der Waals surface area contributed by atoms with E-state index < -0.39 is 0 Å². The van der Waals surface area contributed by atoms with Gasteiger partial charge in [-0.05, 0) is 59.6 Å². The van der Waals surface area contributed by atoms with Crippen LogP contribution in [0.4, 0.5) is 0 Å². The van der Waals surface area contributed by atoms with Gasteiger partial charge in [0, 0.05) is 10.0 Å². The first-order valence-corrected chi connectivity index (χ1v) is 9.40. The van der Waals surface area contributed by atoms with Crippen molar-refractivity contribution in [2.75, 3.05) is 0 Å². The summed E-state index contributed by atoms with van der Waals surface area (Å²) in [4.78, 5) is 4.53. The van der Waals surface area contributed by atoms with E-state index >= 15 is 0 Å². The Morgan fingerprint density at radius 2 is 2.04 bits per heavy atom. The standard InChI is InChI=1S/C19H18BrN5O/c1-3-6-12(2)25-17-10-9-13(11-16(17)22-24-25)18-21-19(26-23-18)14-7-4-5-8-15(14)20/h4-5,7-12H,3,6H2,1-2H3. The highest BCUT2D eigenvalue weighted by molar-refractivity contribution is 9.10. The molecule has 0 aliphatic rings. The Kier molecular flexibility index (Phi) is 4.55. The normalized spacial score (nSPS) is 12.6. The molecule has 7 heteroatoms. The van der Waals surface area contributed by atoms with Crippen LogP contribution in [0, 0.1) is 0 Å². The molecule has 2 heterocycles. The number of hydrogen-bond acceptors (Lipinski definition) is 5. The fraction of sp³-hybridized carbons (Fsp3) is 0.263. The topological polar surface area (TPSA) is 69.6 Å². The summed E-state index contributed by atoms with van der Waals surface area (Å²) in [6.45, 7) is 4.33. The van der Waals surface area contributed by atoms with Crippen LogP contribution in [0.3, 0.4) is 0 Å². The van der Waals surface area contributed by atoms with Gasteiger partial charge >= 0.3 is 0 Å². The number of hydrogen-bond donors (Lipinski definition) is 0. The van der Waals surface area contributed by atoms with E-state index in [4.69, 9.17) is 4.52 Å². The van der Waals surface area contributed by atoms with Crippen molar-refractivity contribution in [1.29, 1.82) is 0 Å². The van der Waals surface area contributed by atoms with Crippen molar-refractivity contribution in [2.24, 2.45) is 0 Å². The van der Waals surface area contributed by atoms with Gasteiger partial charge in [0.15, 0.2) is 0 Å². The number of aromatic nitrogens is 5. The minimum Gasteiger partial charge on any atom is -0.334 e. The minimum atomic E-state index is 0.322. The highest BCUT2D eigenvalue weighted by atomic mass is 79.9. The lowest BCUT2D eigenvalue weighted by Crippen LogP contribution is -2.06. The van der Waals surface area contributed by atoms with E-state index in [9.17, 15) is 0 Å². The van der Waals surface area contributed by atoms with E-state index in [1.54, 1.807) is 0 Å². The molecule has 4 aromatic rings. The molecule has 4 rings (SSSR count). The Hall–Kier alpha value is -2.54. The van der Waals surface area contributed by atoms with Crippen LogP contribution in [0.25, 0.3) is 33.9 Å². The zero-order chi connectivity index (χ0) is 18.1. The van der Waals surface area contributed by atoms with Crippen molar-refractivity contribution >= 4 is 27.0 Å². The van der Waals surface area contributed by atoms with Crippen molar-refractivity contribution in [3.63, 3.8) is 0 Å². The summed E-state index contributed by atoms with van der Waals surface area (Å²) >= 11 is 3.51. The van der Waals surface area contributed by atoms with Crippen molar-refractivity contribution in [2.45, 2.75) is 32.7 Å². The van der Waals surface area contributed by atoms with Crippen LogP contribution in [-0.4, -0.2) is 25.1 Å². The largest absolute Gasteiger partial charge is 0.334 e. The Bertz CT molecular complexity index is 1050. The smallest absolute Gasteiger partial charge is 0.259 e. The molecule has 26 heavy (non-hydrogen) atoms. The van der Waals surface area contributed by atoms with Crippen molar-refractivity contribution < 1.29 is 4.52 Å². The second-order valence-corrected chi connectivity index (χ2v) is 7.13. The van der Waals surface area contributed by atoms with Gasteiger partial charge in [0.25, 0.3) is 5.89 Å². The average Bonchev–Trinajstić information content (AvgIpc) is 3.29. The first-order chi connectivity index (χ1) is 12.7. The summed E-state index contributed by atoms with van der Waals surface area (Å²) in [6, 6.07) is 14.0. The van der Waals surface area contributed by atoms with Crippen molar-refractivity contribution in [1.82, 2.24) is 25.1 Å². The second-order valence-electron chi connectivity index (χ2n) is 6.28. The van der Waals surface area contributed by atoms with Gasteiger partial charge < -0.3 is 4.52 Å². The van der Waals surface area contributed by atoms with E-state index in [2.05, 4.69) is 50.2 Å². The van der Waals surface area contributed by atoms with Crippen LogP contribution in [0.5, 0.6) is 0 Å². The highest BCUT2D eigenvalue weighted by Crippen LogP contribution is 2.29. The lowest BCUT2D eigenvalue weighted by Gasteiger charge is -2.10. The van der Waals surface area contributed by atoms with Crippen molar-refractivity contribution in [3.8, 4) is 22.8 Å². The molecule has 2 aromatic heterocycles. The van der Waals surface area contributed by atoms with Gasteiger partial charge in [0.05, 0.1) is 17.1 Å². The molecule has 0 aliphatic heterocycles. The molecular formula is C19H18BrN5O. The molecule has 0 saturated carbocycles. The lowest BCUT2D eigenvalue weighted by molar-refractivity contribution is 0.432. The van der Waals surface area contributed by atoms with Gasteiger partial charge in [-0.15, -0.1) is 5.10 Å². The summed E-state index contributed by atoms with van der Waals surface area (Å²) in [5.41, 5.74) is 3.57. The number of halogens is 1. The van der Waals surface area contributed by atoms with E-state index in [1.807, 2.05) is 47.1 Å². The van der Waals surface area contributed by atoms with Crippen LogP contribution in [0.15, 0.2) is 51.5 Å². The van der Waals surface area contributed by atoms with Gasteiger partial charge in [-0.2, -0.15) is 4.98 Å². The fourth-order valence-corrected chi connectivity index (χ4v) is 3.49. The average molecular weight is 412 g/mol. The third-order valence-corrected chi connectivity index (χ3v) is 5.08. The molecule has 6 nitrogen and oxygen atoms in total. The van der Waals surface area contributed by atoms with Gasteiger partial charge in [-0.1, -0.05) is 35.8 Å². The predicted octanol–water partition coefficient (Wildman–Crippen LogP) is 5.27. The fourth-order valence-electron chi connectivity index (χ4n) is 3.03.